The number of aliphatic hydroxyl groups is 1. The minimum Gasteiger partial charge on any atom is -0.497 e. The van der Waals surface area contributed by atoms with Crippen LogP contribution in [0.15, 0.2) is 24.3 Å². The van der Waals surface area contributed by atoms with Crippen LogP contribution >= 0.6 is 0 Å². The van der Waals surface area contributed by atoms with Gasteiger partial charge < -0.3 is 15.2 Å². The Bertz CT molecular complexity index is 457. The number of methoxy groups -OCH3 is 1. The number of nitrogens with one attached hydrogen (secondary N) is 1. The van der Waals surface area contributed by atoms with Crippen molar-refractivity contribution in [2.45, 2.75) is 52.0 Å². The van der Waals surface area contributed by atoms with Gasteiger partial charge in [-0.15, -0.1) is 0 Å². The SMILES string of the molecule is COc1cccc(NC2(CO)CCC(C(C)(C)C)CC2)c1. The van der Waals surface area contributed by atoms with Gasteiger partial charge in [0.05, 0.1) is 19.3 Å². The maximum absolute atomic E-state index is 9.92. The van der Waals surface area contributed by atoms with Crippen LogP contribution in [0.3, 0.4) is 0 Å². The largest absolute Gasteiger partial charge is 0.497 e. The fourth-order valence-corrected chi connectivity index (χ4v) is 3.37. The molecule has 0 unspecified atom stereocenters. The van der Waals surface area contributed by atoms with E-state index in [9.17, 15) is 5.11 Å². The van der Waals surface area contributed by atoms with Crippen molar-refractivity contribution in [1.82, 2.24) is 0 Å². The van der Waals surface area contributed by atoms with Crippen LogP contribution in [0.25, 0.3) is 0 Å². The summed E-state index contributed by atoms with van der Waals surface area (Å²) in [6.45, 7) is 7.14. The van der Waals surface area contributed by atoms with Gasteiger partial charge in [-0.05, 0) is 49.1 Å². The summed E-state index contributed by atoms with van der Waals surface area (Å²) in [5, 5.41) is 13.5. The number of ether oxygens (including phenoxy) is 1. The average molecular weight is 291 g/mol. The third kappa shape index (κ3) is 3.91. The highest BCUT2D eigenvalue weighted by atomic mass is 16.5. The third-order valence-electron chi connectivity index (χ3n) is 4.95. The zero-order chi connectivity index (χ0) is 15.5. The number of benzene rings is 1. The van der Waals surface area contributed by atoms with Crippen LogP contribution in [0, 0.1) is 11.3 Å². The van der Waals surface area contributed by atoms with Crippen molar-refractivity contribution in [2.24, 2.45) is 11.3 Å². The normalized spacial score (nSPS) is 26.4. The Labute approximate surface area is 128 Å². The molecule has 1 saturated carbocycles. The van der Waals surface area contributed by atoms with Crippen molar-refractivity contribution < 1.29 is 9.84 Å². The second-order valence-electron chi connectivity index (χ2n) is 7.44. The van der Waals surface area contributed by atoms with E-state index in [0.717, 1.165) is 30.2 Å². The molecule has 0 saturated heterocycles. The number of hydrogen-bond acceptors (Lipinski definition) is 3. The van der Waals surface area contributed by atoms with Crippen LogP contribution in [0.1, 0.15) is 46.5 Å². The van der Waals surface area contributed by atoms with Gasteiger partial charge in [0.2, 0.25) is 0 Å². The molecule has 21 heavy (non-hydrogen) atoms. The Hall–Kier alpha value is -1.22. The number of hydrogen-bond donors (Lipinski definition) is 2. The molecule has 0 heterocycles. The smallest absolute Gasteiger partial charge is 0.120 e. The maximum atomic E-state index is 9.92. The molecule has 1 aromatic carbocycles. The lowest BCUT2D eigenvalue weighted by atomic mass is 9.67. The summed E-state index contributed by atoms with van der Waals surface area (Å²) in [5.41, 5.74) is 1.20. The molecule has 2 N–H and O–H groups in total. The van der Waals surface area contributed by atoms with Gasteiger partial charge in [0, 0.05) is 11.8 Å². The van der Waals surface area contributed by atoms with Crippen LogP contribution in [-0.4, -0.2) is 24.4 Å². The number of rotatable bonds is 4. The maximum Gasteiger partial charge on any atom is 0.120 e. The van der Waals surface area contributed by atoms with Crippen LogP contribution in [0.5, 0.6) is 5.75 Å². The molecule has 118 valence electrons. The molecule has 1 aliphatic rings. The summed E-state index contributed by atoms with van der Waals surface area (Å²) in [6, 6.07) is 7.95. The summed E-state index contributed by atoms with van der Waals surface area (Å²) in [6.07, 6.45) is 4.37. The third-order valence-corrected chi connectivity index (χ3v) is 4.95. The van der Waals surface area contributed by atoms with Gasteiger partial charge in [0.1, 0.15) is 5.75 Å². The summed E-state index contributed by atoms with van der Waals surface area (Å²) in [5.74, 6) is 1.58. The molecule has 1 fully saturated rings. The number of aliphatic hydroxyl groups excluding tert-OH is 1. The highest BCUT2D eigenvalue weighted by molar-refractivity contribution is 5.50. The Morgan fingerprint density at radius 2 is 1.95 bits per heavy atom. The minimum atomic E-state index is -0.186. The van der Waals surface area contributed by atoms with Crippen molar-refractivity contribution in [3.63, 3.8) is 0 Å². The zero-order valence-electron chi connectivity index (χ0n) is 13.8. The van der Waals surface area contributed by atoms with Gasteiger partial charge in [-0.2, -0.15) is 0 Å². The molecular formula is C18H29NO2. The van der Waals surface area contributed by atoms with Crippen molar-refractivity contribution >= 4 is 5.69 Å². The van der Waals surface area contributed by atoms with E-state index in [1.807, 2.05) is 24.3 Å². The molecule has 0 amide bonds. The van der Waals surface area contributed by atoms with Gasteiger partial charge in [-0.1, -0.05) is 26.8 Å². The molecule has 1 aliphatic carbocycles. The quantitative estimate of drug-likeness (QED) is 0.878. The first-order valence-electron chi connectivity index (χ1n) is 7.92. The van der Waals surface area contributed by atoms with Gasteiger partial charge >= 0.3 is 0 Å². The van der Waals surface area contributed by atoms with E-state index in [1.165, 1.54) is 12.8 Å². The monoisotopic (exact) mass is 291 g/mol. The lowest BCUT2D eigenvalue weighted by Crippen LogP contribution is -2.46. The Morgan fingerprint density at radius 3 is 2.48 bits per heavy atom. The lowest BCUT2D eigenvalue weighted by molar-refractivity contribution is 0.104. The Morgan fingerprint density at radius 1 is 1.29 bits per heavy atom. The second-order valence-corrected chi connectivity index (χ2v) is 7.44. The second kappa shape index (κ2) is 6.27. The van der Waals surface area contributed by atoms with E-state index in [0.29, 0.717) is 5.41 Å². The van der Waals surface area contributed by atoms with E-state index in [-0.39, 0.29) is 12.1 Å². The molecule has 0 radical (unpaired) electrons. The fourth-order valence-electron chi connectivity index (χ4n) is 3.37. The first kappa shape index (κ1) is 16.2. The van der Waals surface area contributed by atoms with E-state index in [1.54, 1.807) is 7.11 Å². The van der Waals surface area contributed by atoms with Crippen LogP contribution in [0.4, 0.5) is 5.69 Å². The van der Waals surface area contributed by atoms with E-state index >= 15 is 0 Å². The molecule has 0 bridgehead atoms. The van der Waals surface area contributed by atoms with Crippen LogP contribution < -0.4 is 10.1 Å². The summed E-state index contributed by atoms with van der Waals surface area (Å²) in [7, 11) is 1.68. The summed E-state index contributed by atoms with van der Waals surface area (Å²) >= 11 is 0. The van der Waals surface area contributed by atoms with Crippen LogP contribution in [-0.2, 0) is 0 Å². The van der Waals surface area contributed by atoms with E-state index in [2.05, 4.69) is 26.1 Å². The van der Waals surface area contributed by atoms with Crippen molar-refractivity contribution in [3.05, 3.63) is 24.3 Å². The van der Waals surface area contributed by atoms with Crippen molar-refractivity contribution in [3.8, 4) is 5.75 Å². The van der Waals surface area contributed by atoms with Gasteiger partial charge in [-0.25, -0.2) is 0 Å². The fraction of sp³-hybridized carbons (Fsp3) is 0.667. The molecule has 3 nitrogen and oxygen atoms in total. The Kier molecular flexibility index (Phi) is 4.82. The Balaban J connectivity index is 2.06. The molecule has 3 heteroatoms. The van der Waals surface area contributed by atoms with Crippen molar-refractivity contribution in [1.29, 1.82) is 0 Å². The molecule has 1 aromatic rings. The molecule has 0 atom stereocenters. The highest BCUT2D eigenvalue weighted by Crippen LogP contribution is 2.42. The standard InChI is InChI=1S/C18H29NO2/c1-17(2,3)14-8-10-18(13-20,11-9-14)19-15-6-5-7-16(12-15)21-4/h5-7,12,14,19-20H,8-11,13H2,1-4H3. The van der Waals surface area contributed by atoms with Gasteiger partial charge in [0.25, 0.3) is 0 Å². The number of anilines is 1. The molecule has 2 rings (SSSR count). The van der Waals surface area contributed by atoms with Gasteiger partial charge in [0.15, 0.2) is 0 Å². The first-order valence-corrected chi connectivity index (χ1v) is 7.92. The van der Waals surface area contributed by atoms with Gasteiger partial charge in [-0.3, -0.25) is 0 Å². The predicted octanol–water partition coefficient (Wildman–Crippen LogP) is 4.07. The predicted molar refractivity (Wildman–Crippen MR) is 87.8 cm³/mol. The summed E-state index contributed by atoms with van der Waals surface area (Å²) < 4.78 is 5.27. The molecule has 0 spiro atoms. The van der Waals surface area contributed by atoms with E-state index in [4.69, 9.17) is 4.74 Å². The van der Waals surface area contributed by atoms with E-state index < -0.39 is 0 Å². The van der Waals surface area contributed by atoms with Crippen LogP contribution in [0.2, 0.25) is 0 Å². The average Bonchev–Trinajstić information content (AvgIpc) is 2.47. The minimum absolute atomic E-state index is 0.182. The molecule has 0 aliphatic heterocycles. The topological polar surface area (TPSA) is 41.5 Å². The highest BCUT2D eigenvalue weighted by Gasteiger charge is 2.38. The lowest BCUT2D eigenvalue weighted by Gasteiger charge is -2.44. The molecule has 0 aromatic heterocycles. The van der Waals surface area contributed by atoms with Crippen molar-refractivity contribution in [2.75, 3.05) is 19.0 Å². The summed E-state index contributed by atoms with van der Waals surface area (Å²) in [4.78, 5) is 0. The molecular weight excluding hydrogens is 262 g/mol. The first-order chi connectivity index (χ1) is 9.88. The zero-order valence-corrected chi connectivity index (χ0v) is 13.8.